The van der Waals surface area contributed by atoms with Crippen LogP contribution in [0, 0.1) is 11.8 Å². The number of rotatable bonds is 5. The summed E-state index contributed by atoms with van der Waals surface area (Å²) in [5.41, 5.74) is 0.718. The summed E-state index contributed by atoms with van der Waals surface area (Å²) in [6.07, 6.45) is 1.24. The number of urea groups is 1. The Bertz CT molecular complexity index is 476. The first-order valence-corrected chi connectivity index (χ1v) is 7.40. The van der Waals surface area contributed by atoms with Gasteiger partial charge in [0.15, 0.2) is 0 Å². The first kappa shape index (κ1) is 15.6. The van der Waals surface area contributed by atoms with E-state index in [-0.39, 0.29) is 12.1 Å². The first-order chi connectivity index (χ1) is 10.1. The van der Waals surface area contributed by atoms with Gasteiger partial charge >= 0.3 is 6.03 Å². The van der Waals surface area contributed by atoms with E-state index in [9.17, 15) is 4.79 Å². The predicted octanol–water partition coefficient (Wildman–Crippen LogP) is 2.88. The molecule has 2 atom stereocenters. The average molecular weight is 292 g/mol. The molecule has 2 amide bonds. The minimum absolute atomic E-state index is 0.197. The van der Waals surface area contributed by atoms with Gasteiger partial charge in [-0.3, -0.25) is 0 Å². The maximum Gasteiger partial charge on any atom is 0.319 e. The summed E-state index contributed by atoms with van der Waals surface area (Å²) in [4.78, 5) is 11.9. The fraction of sp³-hybridized carbons (Fsp3) is 0.562. The molecule has 1 heterocycles. The number of ether oxygens (including phenoxy) is 2. The standard InChI is InChI=1S/C16H24N2O3/c1-11(2)15-12(7-8-21-15)10-17-16(19)18-13-5-4-6-14(9-13)20-3/h4-6,9,11-12,15H,7-8,10H2,1-3H3,(H2,17,18,19)/t12-,15+/m0/s1. The molecule has 1 aliphatic rings. The zero-order valence-electron chi connectivity index (χ0n) is 12.9. The van der Waals surface area contributed by atoms with E-state index in [1.807, 2.05) is 18.2 Å². The van der Waals surface area contributed by atoms with Gasteiger partial charge in [-0.25, -0.2) is 4.79 Å². The van der Waals surface area contributed by atoms with E-state index in [4.69, 9.17) is 9.47 Å². The number of benzene rings is 1. The fourth-order valence-corrected chi connectivity index (χ4v) is 2.71. The molecule has 0 aliphatic carbocycles. The minimum Gasteiger partial charge on any atom is -0.497 e. The SMILES string of the molecule is COc1cccc(NC(=O)NC[C@@H]2CCO[C@@H]2C(C)C)c1. The number of methoxy groups -OCH3 is 1. The second kappa shape index (κ2) is 7.31. The Labute approximate surface area is 126 Å². The normalized spacial score (nSPS) is 21.3. The fourth-order valence-electron chi connectivity index (χ4n) is 2.71. The number of anilines is 1. The van der Waals surface area contributed by atoms with Gasteiger partial charge in [-0.15, -0.1) is 0 Å². The van der Waals surface area contributed by atoms with Crippen molar-refractivity contribution in [1.82, 2.24) is 5.32 Å². The molecule has 0 saturated carbocycles. The quantitative estimate of drug-likeness (QED) is 0.877. The molecule has 0 spiro atoms. The van der Waals surface area contributed by atoms with Crippen molar-refractivity contribution in [2.75, 3.05) is 25.6 Å². The van der Waals surface area contributed by atoms with Gasteiger partial charge in [0.05, 0.1) is 13.2 Å². The van der Waals surface area contributed by atoms with Gasteiger partial charge in [0, 0.05) is 30.8 Å². The molecule has 1 aliphatic heterocycles. The van der Waals surface area contributed by atoms with Crippen LogP contribution in [0.4, 0.5) is 10.5 Å². The van der Waals surface area contributed by atoms with E-state index in [2.05, 4.69) is 24.5 Å². The van der Waals surface area contributed by atoms with Crippen LogP contribution >= 0.6 is 0 Å². The zero-order valence-corrected chi connectivity index (χ0v) is 12.9. The van der Waals surface area contributed by atoms with Gasteiger partial charge in [-0.2, -0.15) is 0 Å². The van der Waals surface area contributed by atoms with E-state index in [0.29, 0.717) is 18.4 Å². The van der Waals surface area contributed by atoms with Crippen LogP contribution in [0.2, 0.25) is 0 Å². The van der Waals surface area contributed by atoms with Crippen molar-refractivity contribution in [1.29, 1.82) is 0 Å². The van der Waals surface area contributed by atoms with Gasteiger partial charge < -0.3 is 20.1 Å². The molecule has 1 saturated heterocycles. The Hall–Kier alpha value is -1.75. The van der Waals surface area contributed by atoms with Crippen molar-refractivity contribution in [3.05, 3.63) is 24.3 Å². The van der Waals surface area contributed by atoms with Crippen LogP contribution in [0.1, 0.15) is 20.3 Å². The number of hydrogen-bond acceptors (Lipinski definition) is 3. The summed E-state index contributed by atoms with van der Waals surface area (Å²) >= 11 is 0. The molecule has 1 aromatic rings. The molecule has 5 heteroatoms. The third kappa shape index (κ3) is 4.36. The molecule has 0 radical (unpaired) electrons. The van der Waals surface area contributed by atoms with E-state index in [1.165, 1.54) is 0 Å². The average Bonchev–Trinajstić information content (AvgIpc) is 2.94. The highest BCUT2D eigenvalue weighted by atomic mass is 16.5. The Morgan fingerprint density at radius 3 is 3.00 bits per heavy atom. The van der Waals surface area contributed by atoms with E-state index < -0.39 is 0 Å². The lowest BCUT2D eigenvalue weighted by atomic mass is 9.93. The molecule has 2 rings (SSSR count). The van der Waals surface area contributed by atoms with Gasteiger partial charge in [0.1, 0.15) is 5.75 Å². The molecule has 0 bridgehead atoms. The van der Waals surface area contributed by atoms with Crippen LogP contribution in [0.15, 0.2) is 24.3 Å². The summed E-state index contributed by atoms with van der Waals surface area (Å²) in [6.45, 7) is 5.73. The maximum absolute atomic E-state index is 11.9. The summed E-state index contributed by atoms with van der Waals surface area (Å²) in [5.74, 6) is 1.58. The molecule has 116 valence electrons. The Morgan fingerprint density at radius 1 is 1.48 bits per heavy atom. The van der Waals surface area contributed by atoms with Crippen molar-refractivity contribution in [3.8, 4) is 5.75 Å². The number of amides is 2. The number of nitrogens with one attached hydrogen (secondary N) is 2. The van der Waals surface area contributed by atoms with Crippen molar-refractivity contribution < 1.29 is 14.3 Å². The second-order valence-corrected chi connectivity index (χ2v) is 5.70. The number of carbonyl (C=O) groups is 1. The highest BCUT2D eigenvalue weighted by Gasteiger charge is 2.30. The molecule has 1 aromatic carbocycles. The Morgan fingerprint density at radius 2 is 2.29 bits per heavy atom. The topological polar surface area (TPSA) is 59.6 Å². The lowest BCUT2D eigenvalue weighted by molar-refractivity contribution is 0.0546. The van der Waals surface area contributed by atoms with Crippen molar-refractivity contribution in [3.63, 3.8) is 0 Å². The highest BCUT2D eigenvalue weighted by molar-refractivity contribution is 5.89. The van der Waals surface area contributed by atoms with Gasteiger partial charge in [0.25, 0.3) is 0 Å². The van der Waals surface area contributed by atoms with E-state index in [0.717, 1.165) is 24.5 Å². The van der Waals surface area contributed by atoms with Crippen LogP contribution < -0.4 is 15.4 Å². The molecule has 2 N–H and O–H groups in total. The van der Waals surface area contributed by atoms with Gasteiger partial charge in [-0.05, 0) is 24.5 Å². The maximum atomic E-state index is 11.9. The highest BCUT2D eigenvalue weighted by Crippen LogP contribution is 2.26. The Kier molecular flexibility index (Phi) is 5.44. The zero-order chi connectivity index (χ0) is 15.2. The molecule has 0 aromatic heterocycles. The summed E-state index contributed by atoms with van der Waals surface area (Å²) in [7, 11) is 1.60. The van der Waals surface area contributed by atoms with Gasteiger partial charge in [-0.1, -0.05) is 19.9 Å². The summed E-state index contributed by atoms with van der Waals surface area (Å²) in [6, 6.07) is 7.10. The van der Waals surface area contributed by atoms with Crippen molar-refractivity contribution in [2.24, 2.45) is 11.8 Å². The lowest BCUT2D eigenvalue weighted by Crippen LogP contribution is -2.37. The van der Waals surface area contributed by atoms with Crippen molar-refractivity contribution >= 4 is 11.7 Å². The van der Waals surface area contributed by atoms with E-state index >= 15 is 0 Å². The molecular formula is C16H24N2O3. The van der Waals surface area contributed by atoms with Crippen LogP contribution in [0.25, 0.3) is 0 Å². The van der Waals surface area contributed by atoms with E-state index in [1.54, 1.807) is 13.2 Å². The smallest absolute Gasteiger partial charge is 0.319 e. The van der Waals surface area contributed by atoms with Crippen LogP contribution in [0.3, 0.4) is 0 Å². The minimum atomic E-state index is -0.197. The lowest BCUT2D eigenvalue weighted by Gasteiger charge is -2.22. The van der Waals surface area contributed by atoms with Crippen LogP contribution in [-0.2, 0) is 4.74 Å². The van der Waals surface area contributed by atoms with Crippen LogP contribution in [-0.4, -0.2) is 32.4 Å². The molecular weight excluding hydrogens is 268 g/mol. The summed E-state index contributed by atoms with van der Waals surface area (Å²) in [5, 5.41) is 5.74. The largest absolute Gasteiger partial charge is 0.497 e. The third-order valence-electron chi connectivity index (χ3n) is 3.77. The first-order valence-electron chi connectivity index (χ1n) is 7.40. The van der Waals surface area contributed by atoms with Crippen molar-refractivity contribution in [2.45, 2.75) is 26.4 Å². The molecule has 1 fully saturated rings. The molecule has 0 unspecified atom stereocenters. The Balaban J connectivity index is 1.82. The third-order valence-corrected chi connectivity index (χ3v) is 3.77. The number of carbonyl (C=O) groups excluding carboxylic acids is 1. The van der Waals surface area contributed by atoms with Gasteiger partial charge in [0.2, 0.25) is 0 Å². The molecule has 21 heavy (non-hydrogen) atoms. The predicted molar refractivity (Wildman–Crippen MR) is 82.7 cm³/mol. The summed E-state index contributed by atoms with van der Waals surface area (Å²) < 4.78 is 10.8. The molecule has 5 nitrogen and oxygen atoms in total. The monoisotopic (exact) mass is 292 g/mol. The number of hydrogen-bond donors (Lipinski definition) is 2. The second-order valence-electron chi connectivity index (χ2n) is 5.70. The van der Waals surface area contributed by atoms with Crippen LogP contribution in [0.5, 0.6) is 5.75 Å².